The third kappa shape index (κ3) is 11.1. The van der Waals surface area contributed by atoms with E-state index in [0.717, 1.165) is 43.4 Å². The molecule has 0 amide bonds. The molecule has 2 aliphatic carbocycles. The number of ether oxygens (including phenoxy) is 2. The van der Waals surface area contributed by atoms with Crippen molar-refractivity contribution in [1.29, 1.82) is 0 Å². The van der Waals surface area contributed by atoms with E-state index >= 15 is 0 Å². The summed E-state index contributed by atoms with van der Waals surface area (Å²) in [6.07, 6.45) is 24.3. The molecule has 0 aromatic carbocycles. The Hall–Kier alpha value is -0.730. The molecule has 0 radical (unpaired) electrons. The highest BCUT2D eigenvalue weighted by Crippen LogP contribution is 2.41. The monoisotopic (exact) mass is 436 g/mol. The molecule has 2 aliphatic rings. The number of unbranched alkanes of at least 4 members (excludes halogenated alkanes) is 7. The van der Waals surface area contributed by atoms with Gasteiger partial charge in [-0.2, -0.15) is 0 Å². The number of hydrogen-bond donors (Lipinski definition) is 0. The molecule has 0 aliphatic heterocycles. The molecule has 0 heterocycles. The lowest BCUT2D eigenvalue weighted by Crippen LogP contribution is -2.30. The summed E-state index contributed by atoms with van der Waals surface area (Å²) in [4.78, 5) is 12.1. The first-order chi connectivity index (χ1) is 15.1. The molecule has 1 atom stereocenters. The first kappa shape index (κ1) is 26.5. The van der Waals surface area contributed by atoms with Crippen LogP contribution in [0.1, 0.15) is 143 Å². The third-order valence-electron chi connectivity index (χ3n) is 8.02. The largest absolute Gasteiger partial charge is 0.508 e. The smallest absolute Gasteiger partial charge is 0.431 e. The van der Waals surface area contributed by atoms with Crippen LogP contribution in [0.5, 0.6) is 0 Å². The Morgan fingerprint density at radius 3 is 1.90 bits per heavy atom. The maximum absolute atomic E-state index is 12.1. The highest BCUT2D eigenvalue weighted by molar-refractivity contribution is 5.60. The van der Waals surface area contributed by atoms with Crippen molar-refractivity contribution in [1.82, 2.24) is 0 Å². The SMILES string of the molecule is CCCCCCCC1CCC(C2CCC(OC(=O)O[C@H](C)CCCCCC)CC2)CC1. The Balaban J connectivity index is 1.54. The minimum Gasteiger partial charge on any atom is -0.431 e. The second-order valence-corrected chi connectivity index (χ2v) is 10.7. The summed E-state index contributed by atoms with van der Waals surface area (Å²) < 4.78 is 11.1. The van der Waals surface area contributed by atoms with Crippen molar-refractivity contribution in [2.24, 2.45) is 17.8 Å². The minimum atomic E-state index is -0.439. The fourth-order valence-corrected chi connectivity index (χ4v) is 5.91. The summed E-state index contributed by atoms with van der Waals surface area (Å²) in [6.45, 7) is 6.50. The van der Waals surface area contributed by atoms with Gasteiger partial charge in [0.2, 0.25) is 0 Å². The third-order valence-corrected chi connectivity index (χ3v) is 8.02. The van der Waals surface area contributed by atoms with Gasteiger partial charge in [-0.1, -0.05) is 84.5 Å². The molecule has 3 heteroatoms. The van der Waals surface area contributed by atoms with Gasteiger partial charge in [0.1, 0.15) is 12.2 Å². The molecule has 182 valence electrons. The molecule has 0 bridgehead atoms. The van der Waals surface area contributed by atoms with E-state index in [1.165, 1.54) is 96.3 Å². The lowest BCUT2D eigenvalue weighted by atomic mass is 9.70. The molecular weight excluding hydrogens is 384 g/mol. The van der Waals surface area contributed by atoms with E-state index in [-0.39, 0.29) is 12.2 Å². The van der Waals surface area contributed by atoms with E-state index in [2.05, 4.69) is 13.8 Å². The van der Waals surface area contributed by atoms with Crippen molar-refractivity contribution < 1.29 is 14.3 Å². The van der Waals surface area contributed by atoms with Crippen LogP contribution in [0.25, 0.3) is 0 Å². The predicted octanol–water partition coefficient (Wildman–Crippen LogP) is 9.22. The van der Waals surface area contributed by atoms with Gasteiger partial charge in [0.05, 0.1) is 0 Å². The molecule has 0 saturated heterocycles. The van der Waals surface area contributed by atoms with E-state index in [0.29, 0.717) is 0 Å². The van der Waals surface area contributed by atoms with Crippen LogP contribution in [0, 0.1) is 17.8 Å². The average Bonchev–Trinajstić information content (AvgIpc) is 2.77. The number of carbonyl (C=O) groups excluding carboxylic acids is 1. The maximum Gasteiger partial charge on any atom is 0.508 e. The van der Waals surface area contributed by atoms with Crippen molar-refractivity contribution in [2.45, 2.75) is 155 Å². The Kier molecular flexibility index (Phi) is 13.7. The fraction of sp³-hybridized carbons (Fsp3) is 0.964. The Labute approximate surface area is 193 Å². The van der Waals surface area contributed by atoms with Crippen LogP contribution in [-0.2, 0) is 9.47 Å². The van der Waals surface area contributed by atoms with Crippen molar-refractivity contribution >= 4 is 6.16 Å². The summed E-state index contributed by atoms with van der Waals surface area (Å²) in [7, 11) is 0. The number of carbonyl (C=O) groups is 1. The van der Waals surface area contributed by atoms with Gasteiger partial charge in [-0.15, -0.1) is 0 Å². The van der Waals surface area contributed by atoms with Crippen LogP contribution in [0.15, 0.2) is 0 Å². The van der Waals surface area contributed by atoms with Crippen LogP contribution in [0.3, 0.4) is 0 Å². The molecule has 2 fully saturated rings. The van der Waals surface area contributed by atoms with Crippen molar-refractivity contribution in [3.63, 3.8) is 0 Å². The normalized spacial score (nSPS) is 27.6. The summed E-state index contributed by atoms with van der Waals surface area (Å²) in [5.41, 5.74) is 0. The number of rotatable bonds is 14. The zero-order valence-corrected chi connectivity index (χ0v) is 21.0. The molecule has 0 N–H and O–H groups in total. The van der Waals surface area contributed by atoms with E-state index in [1.54, 1.807) is 0 Å². The predicted molar refractivity (Wildman–Crippen MR) is 130 cm³/mol. The molecule has 2 saturated carbocycles. The second-order valence-electron chi connectivity index (χ2n) is 10.7. The molecular formula is C28H52O3. The van der Waals surface area contributed by atoms with Gasteiger partial charge in [-0.3, -0.25) is 0 Å². The fourth-order valence-electron chi connectivity index (χ4n) is 5.91. The molecule has 0 spiro atoms. The maximum atomic E-state index is 12.1. The zero-order chi connectivity index (χ0) is 22.3. The van der Waals surface area contributed by atoms with E-state index in [4.69, 9.17) is 9.47 Å². The van der Waals surface area contributed by atoms with Gasteiger partial charge in [0.15, 0.2) is 0 Å². The first-order valence-electron chi connectivity index (χ1n) is 14.0. The standard InChI is InChI=1S/C28H52O3/c1-4-6-8-10-12-14-24-15-17-25(18-16-24)26-19-21-27(22-20-26)31-28(29)30-23(3)13-11-9-7-5-2/h23-27H,4-22H2,1-3H3/t23-,24?,25?,26?,27?/m1/s1. The molecule has 0 aromatic rings. The van der Waals surface area contributed by atoms with Gasteiger partial charge in [0.25, 0.3) is 0 Å². The van der Waals surface area contributed by atoms with Crippen LogP contribution in [-0.4, -0.2) is 18.4 Å². The van der Waals surface area contributed by atoms with Gasteiger partial charge >= 0.3 is 6.16 Å². The summed E-state index contributed by atoms with van der Waals surface area (Å²) in [6, 6.07) is 0. The second kappa shape index (κ2) is 16.0. The Morgan fingerprint density at radius 1 is 0.742 bits per heavy atom. The molecule has 0 unspecified atom stereocenters. The lowest BCUT2D eigenvalue weighted by Gasteiger charge is -2.37. The van der Waals surface area contributed by atoms with Gasteiger partial charge < -0.3 is 9.47 Å². The minimum absolute atomic E-state index is 0.0254. The zero-order valence-electron chi connectivity index (χ0n) is 21.0. The average molecular weight is 437 g/mol. The molecule has 2 rings (SSSR count). The van der Waals surface area contributed by atoms with Gasteiger partial charge in [-0.05, 0) is 76.0 Å². The summed E-state index contributed by atoms with van der Waals surface area (Å²) in [5, 5.41) is 0. The van der Waals surface area contributed by atoms with Crippen molar-refractivity contribution in [2.75, 3.05) is 0 Å². The van der Waals surface area contributed by atoms with Crippen LogP contribution in [0.2, 0.25) is 0 Å². The van der Waals surface area contributed by atoms with Crippen LogP contribution in [0.4, 0.5) is 4.79 Å². The molecule has 3 nitrogen and oxygen atoms in total. The summed E-state index contributed by atoms with van der Waals surface area (Å²) >= 11 is 0. The summed E-state index contributed by atoms with van der Waals surface area (Å²) in [5.74, 6) is 2.78. The van der Waals surface area contributed by atoms with Crippen molar-refractivity contribution in [3.8, 4) is 0 Å². The van der Waals surface area contributed by atoms with E-state index in [1.807, 2.05) is 6.92 Å². The van der Waals surface area contributed by atoms with Crippen molar-refractivity contribution in [3.05, 3.63) is 0 Å². The lowest BCUT2D eigenvalue weighted by molar-refractivity contribution is -0.0174. The quantitative estimate of drug-likeness (QED) is 0.201. The number of hydrogen-bond acceptors (Lipinski definition) is 3. The Bertz CT molecular complexity index is 447. The van der Waals surface area contributed by atoms with Crippen LogP contribution < -0.4 is 0 Å². The molecule has 31 heavy (non-hydrogen) atoms. The topological polar surface area (TPSA) is 35.5 Å². The Morgan fingerprint density at radius 2 is 1.29 bits per heavy atom. The van der Waals surface area contributed by atoms with Crippen LogP contribution >= 0.6 is 0 Å². The highest BCUT2D eigenvalue weighted by Gasteiger charge is 2.32. The van der Waals surface area contributed by atoms with E-state index in [9.17, 15) is 4.79 Å². The van der Waals surface area contributed by atoms with Gasteiger partial charge in [0, 0.05) is 0 Å². The highest BCUT2D eigenvalue weighted by atomic mass is 16.7. The molecule has 0 aromatic heterocycles. The van der Waals surface area contributed by atoms with Gasteiger partial charge in [-0.25, -0.2) is 4.79 Å². The van der Waals surface area contributed by atoms with E-state index < -0.39 is 6.16 Å². The first-order valence-corrected chi connectivity index (χ1v) is 14.0.